The number of pyridine rings is 1. The molecule has 0 radical (unpaired) electrons. The molecule has 3 aromatic rings. The first kappa shape index (κ1) is 20.2. The summed E-state index contributed by atoms with van der Waals surface area (Å²) in [5.41, 5.74) is 2.98. The molecule has 29 heavy (non-hydrogen) atoms. The number of nitrogens with zero attached hydrogens (tertiary/aromatic N) is 3. The van der Waals surface area contributed by atoms with E-state index in [4.69, 9.17) is 16.6 Å². The summed E-state index contributed by atoms with van der Waals surface area (Å²) >= 11 is 6.17. The number of fused-ring (bicyclic) bond motifs is 1. The average molecular weight is 408 g/mol. The number of hydrogen-bond acceptors (Lipinski definition) is 3. The van der Waals surface area contributed by atoms with Gasteiger partial charge in [0.15, 0.2) is 0 Å². The Morgan fingerprint density at radius 2 is 1.79 bits per heavy atom. The van der Waals surface area contributed by atoms with Crippen molar-refractivity contribution in [1.82, 2.24) is 9.88 Å². The number of piperazine rings is 1. The van der Waals surface area contributed by atoms with Crippen LogP contribution in [-0.4, -0.2) is 35.6 Å². The average Bonchev–Trinajstić information content (AvgIpc) is 2.68. The topological polar surface area (TPSA) is 19.4 Å². The Kier molecular flexibility index (Phi) is 5.54. The van der Waals surface area contributed by atoms with Crippen molar-refractivity contribution in [1.29, 1.82) is 0 Å². The molecule has 2 heterocycles. The molecule has 3 nitrogen and oxygen atoms in total. The fourth-order valence-corrected chi connectivity index (χ4v) is 4.33. The molecule has 0 spiro atoms. The Morgan fingerprint density at radius 1 is 1.03 bits per heavy atom. The zero-order chi connectivity index (χ0) is 20.6. The Balaban J connectivity index is 1.46. The fourth-order valence-electron chi connectivity index (χ4n) is 4.15. The summed E-state index contributed by atoms with van der Waals surface area (Å²) in [5.74, 6) is 1.07. The van der Waals surface area contributed by atoms with Crippen molar-refractivity contribution >= 4 is 28.2 Å². The second kappa shape index (κ2) is 7.97. The Labute approximate surface area is 179 Å². The largest absolute Gasteiger partial charge is 0.353 e. The zero-order valence-electron chi connectivity index (χ0n) is 17.8. The summed E-state index contributed by atoms with van der Waals surface area (Å²) in [5, 5.41) is 3.09. The molecule has 0 aliphatic carbocycles. The number of aromatic nitrogens is 1. The Morgan fingerprint density at radius 3 is 2.48 bits per heavy atom. The number of rotatable bonds is 3. The summed E-state index contributed by atoms with van der Waals surface area (Å²) in [6, 6.07) is 17.7. The van der Waals surface area contributed by atoms with Gasteiger partial charge in [-0.1, -0.05) is 56.6 Å². The first-order chi connectivity index (χ1) is 13.8. The highest BCUT2D eigenvalue weighted by Gasteiger charge is 2.25. The van der Waals surface area contributed by atoms with Crippen LogP contribution >= 0.6 is 11.6 Å². The van der Waals surface area contributed by atoms with Crippen molar-refractivity contribution in [2.45, 2.75) is 45.7 Å². The number of benzene rings is 2. The van der Waals surface area contributed by atoms with Crippen LogP contribution in [0.4, 0.5) is 5.82 Å². The summed E-state index contributed by atoms with van der Waals surface area (Å²) in [6.07, 6.45) is 1.89. The number of anilines is 1. The van der Waals surface area contributed by atoms with Gasteiger partial charge in [0.25, 0.3) is 0 Å². The minimum Gasteiger partial charge on any atom is -0.353 e. The molecular weight excluding hydrogens is 378 g/mol. The molecule has 1 fully saturated rings. The van der Waals surface area contributed by atoms with E-state index in [9.17, 15) is 0 Å². The third-order valence-electron chi connectivity index (χ3n) is 5.98. The molecule has 0 bridgehead atoms. The van der Waals surface area contributed by atoms with Crippen LogP contribution in [0.3, 0.4) is 0 Å². The second-order valence-electron chi connectivity index (χ2n) is 9.21. The zero-order valence-corrected chi connectivity index (χ0v) is 18.6. The molecule has 0 N–H and O–H groups in total. The van der Waals surface area contributed by atoms with Gasteiger partial charge in [-0.2, -0.15) is 0 Å². The lowest BCUT2D eigenvalue weighted by Crippen LogP contribution is -2.51. The van der Waals surface area contributed by atoms with Crippen molar-refractivity contribution in [2.24, 2.45) is 0 Å². The smallest absolute Gasteiger partial charge is 0.136 e. The van der Waals surface area contributed by atoms with E-state index in [1.165, 1.54) is 16.5 Å². The highest BCUT2D eigenvalue weighted by molar-refractivity contribution is 6.31. The summed E-state index contributed by atoms with van der Waals surface area (Å²) in [7, 11) is 0. The SMILES string of the molecule is C[C@@H]1CN(c2nccc3cc(Cl)ccc23)CCN1Cc1ccc(C(C)(C)C)cc1. The van der Waals surface area contributed by atoms with Crippen molar-refractivity contribution in [3.63, 3.8) is 0 Å². The first-order valence-electron chi connectivity index (χ1n) is 10.4. The van der Waals surface area contributed by atoms with E-state index in [1.807, 2.05) is 24.4 Å². The monoisotopic (exact) mass is 407 g/mol. The van der Waals surface area contributed by atoms with E-state index in [0.717, 1.165) is 42.4 Å². The number of halogens is 1. The molecule has 1 saturated heterocycles. The van der Waals surface area contributed by atoms with Gasteiger partial charge in [0.1, 0.15) is 5.82 Å². The lowest BCUT2D eigenvalue weighted by molar-refractivity contribution is 0.180. The molecule has 1 aliphatic rings. The second-order valence-corrected chi connectivity index (χ2v) is 9.65. The summed E-state index contributed by atoms with van der Waals surface area (Å²) in [6.45, 7) is 13.1. The van der Waals surface area contributed by atoms with E-state index in [2.05, 4.69) is 67.8 Å². The van der Waals surface area contributed by atoms with E-state index in [-0.39, 0.29) is 5.41 Å². The Bertz CT molecular complexity index is 991. The highest BCUT2D eigenvalue weighted by Crippen LogP contribution is 2.29. The van der Waals surface area contributed by atoms with Gasteiger partial charge in [-0.05, 0) is 53.1 Å². The van der Waals surface area contributed by atoms with E-state index in [1.54, 1.807) is 0 Å². The summed E-state index contributed by atoms with van der Waals surface area (Å²) in [4.78, 5) is 9.69. The molecule has 1 aliphatic heterocycles. The molecule has 1 atom stereocenters. The fraction of sp³-hybridized carbons (Fsp3) is 0.400. The van der Waals surface area contributed by atoms with Crippen molar-refractivity contribution in [3.05, 3.63) is 70.9 Å². The molecule has 0 unspecified atom stereocenters. The lowest BCUT2D eigenvalue weighted by atomic mass is 9.86. The number of hydrogen-bond donors (Lipinski definition) is 0. The van der Waals surface area contributed by atoms with Gasteiger partial charge in [0.2, 0.25) is 0 Å². The van der Waals surface area contributed by atoms with Crippen molar-refractivity contribution < 1.29 is 0 Å². The van der Waals surface area contributed by atoms with Crippen molar-refractivity contribution in [2.75, 3.05) is 24.5 Å². The van der Waals surface area contributed by atoms with Crippen LogP contribution in [0, 0.1) is 0 Å². The van der Waals surface area contributed by atoms with Crippen LogP contribution in [0.25, 0.3) is 10.8 Å². The molecule has 0 amide bonds. The quantitative estimate of drug-likeness (QED) is 0.539. The molecule has 1 aromatic heterocycles. The molecule has 2 aromatic carbocycles. The van der Waals surface area contributed by atoms with Crippen LogP contribution in [0.5, 0.6) is 0 Å². The van der Waals surface area contributed by atoms with Crippen LogP contribution in [0.1, 0.15) is 38.8 Å². The van der Waals surface area contributed by atoms with Gasteiger partial charge < -0.3 is 4.90 Å². The molecule has 4 rings (SSSR count). The van der Waals surface area contributed by atoms with Crippen LogP contribution < -0.4 is 4.90 Å². The minimum atomic E-state index is 0.202. The highest BCUT2D eigenvalue weighted by atomic mass is 35.5. The van der Waals surface area contributed by atoms with Crippen molar-refractivity contribution in [3.8, 4) is 0 Å². The van der Waals surface area contributed by atoms with Crippen LogP contribution in [0.15, 0.2) is 54.7 Å². The van der Waals surface area contributed by atoms with Gasteiger partial charge in [-0.15, -0.1) is 0 Å². The predicted octanol–water partition coefficient (Wildman–Crippen LogP) is 5.90. The van der Waals surface area contributed by atoms with Crippen LogP contribution in [-0.2, 0) is 12.0 Å². The van der Waals surface area contributed by atoms with E-state index in [0.29, 0.717) is 6.04 Å². The standard InChI is InChI=1S/C25H30ClN3/c1-18-16-29(24-23-10-9-22(26)15-20(23)11-12-27-24)14-13-28(18)17-19-5-7-21(8-6-19)25(2,3)4/h5-12,15,18H,13-14,16-17H2,1-4H3/t18-/m1/s1. The molecule has 4 heteroatoms. The van der Waals surface area contributed by atoms with E-state index >= 15 is 0 Å². The first-order valence-corrected chi connectivity index (χ1v) is 10.8. The Hall–Kier alpha value is -2.10. The van der Waals surface area contributed by atoms with Crippen LogP contribution in [0.2, 0.25) is 5.02 Å². The maximum Gasteiger partial charge on any atom is 0.136 e. The maximum atomic E-state index is 6.17. The summed E-state index contributed by atoms with van der Waals surface area (Å²) < 4.78 is 0. The normalized spacial score (nSPS) is 18.4. The van der Waals surface area contributed by atoms with Gasteiger partial charge in [-0.25, -0.2) is 4.98 Å². The van der Waals surface area contributed by atoms with Gasteiger partial charge in [0.05, 0.1) is 0 Å². The maximum absolute atomic E-state index is 6.17. The third-order valence-corrected chi connectivity index (χ3v) is 6.21. The van der Waals surface area contributed by atoms with Gasteiger partial charge in [0, 0.05) is 48.8 Å². The lowest BCUT2D eigenvalue weighted by Gasteiger charge is -2.40. The predicted molar refractivity (Wildman–Crippen MR) is 124 cm³/mol. The molecular formula is C25H30ClN3. The van der Waals surface area contributed by atoms with E-state index < -0.39 is 0 Å². The van der Waals surface area contributed by atoms with Gasteiger partial charge in [-0.3, -0.25) is 4.90 Å². The molecule has 152 valence electrons. The minimum absolute atomic E-state index is 0.202. The molecule has 0 saturated carbocycles. The third kappa shape index (κ3) is 4.41. The van der Waals surface area contributed by atoms with Gasteiger partial charge >= 0.3 is 0 Å².